The fourth-order valence-corrected chi connectivity index (χ4v) is 1.98. The van der Waals surface area contributed by atoms with Crippen LogP contribution in [0, 0.1) is 0 Å². The molecule has 2 aromatic heterocycles. The second-order valence-electron chi connectivity index (χ2n) is 4.41. The van der Waals surface area contributed by atoms with Gasteiger partial charge < -0.3 is 9.40 Å². The Kier molecular flexibility index (Phi) is 2.04. The van der Waals surface area contributed by atoms with Crippen molar-refractivity contribution < 1.29 is 9.21 Å². The summed E-state index contributed by atoms with van der Waals surface area (Å²) in [6.45, 7) is 4.05. The molecule has 86 valence electrons. The number of aromatic amines is 1. The number of oxazole rings is 1. The summed E-state index contributed by atoms with van der Waals surface area (Å²) >= 11 is 0. The van der Waals surface area contributed by atoms with Crippen molar-refractivity contribution in [3.05, 3.63) is 29.8 Å². The number of benzene rings is 1. The minimum Gasteiger partial charge on any atom is -0.440 e. The fraction of sp³-hybridized carbons (Fsp3) is 0.231. The summed E-state index contributed by atoms with van der Waals surface area (Å²) in [5.74, 6) is 0.932. The molecule has 1 N–H and O–H groups in total. The Bertz CT molecular complexity index is 707. The van der Waals surface area contributed by atoms with Crippen LogP contribution in [-0.4, -0.2) is 16.3 Å². The summed E-state index contributed by atoms with van der Waals surface area (Å²) in [6, 6.07) is 3.81. The first kappa shape index (κ1) is 10.1. The van der Waals surface area contributed by atoms with E-state index in [0.717, 1.165) is 22.7 Å². The lowest BCUT2D eigenvalue weighted by molar-refractivity contribution is 0.112. The van der Waals surface area contributed by atoms with E-state index >= 15 is 0 Å². The highest BCUT2D eigenvalue weighted by Crippen LogP contribution is 2.29. The molecule has 0 saturated carbocycles. The van der Waals surface area contributed by atoms with Crippen molar-refractivity contribution in [2.24, 2.45) is 0 Å². The van der Waals surface area contributed by atoms with Gasteiger partial charge in [-0.2, -0.15) is 0 Å². The zero-order valence-corrected chi connectivity index (χ0v) is 9.65. The largest absolute Gasteiger partial charge is 0.440 e. The Balaban J connectivity index is 2.44. The molecule has 4 heteroatoms. The monoisotopic (exact) mass is 228 g/mol. The van der Waals surface area contributed by atoms with Crippen molar-refractivity contribution in [3.63, 3.8) is 0 Å². The second kappa shape index (κ2) is 3.45. The van der Waals surface area contributed by atoms with Gasteiger partial charge >= 0.3 is 0 Å². The smallest absolute Gasteiger partial charge is 0.198 e. The Labute approximate surface area is 97.6 Å². The van der Waals surface area contributed by atoms with E-state index in [0.29, 0.717) is 17.0 Å². The number of carbonyl (C=O) groups excluding carboxylic acids is 1. The molecule has 0 spiro atoms. The Morgan fingerprint density at radius 1 is 1.41 bits per heavy atom. The van der Waals surface area contributed by atoms with Crippen molar-refractivity contribution >= 4 is 28.3 Å². The summed E-state index contributed by atoms with van der Waals surface area (Å²) < 4.78 is 5.75. The molecular formula is C13H12N2O2. The van der Waals surface area contributed by atoms with Crippen LogP contribution >= 0.6 is 0 Å². The fourth-order valence-electron chi connectivity index (χ4n) is 1.98. The molecule has 2 heterocycles. The Hall–Kier alpha value is -2.10. The van der Waals surface area contributed by atoms with Crippen LogP contribution in [0.5, 0.6) is 0 Å². The minimum absolute atomic E-state index is 0.232. The number of carbonyl (C=O) groups is 1. The number of aldehydes is 1. The first-order chi connectivity index (χ1) is 8.20. The number of aromatic nitrogens is 2. The molecule has 0 saturated heterocycles. The zero-order chi connectivity index (χ0) is 12.0. The summed E-state index contributed by atoms with van der Waals surface area (Å²) in [7, 11) is 0. The van der Waals surface area contributed by atoms with Crippen LogP contribution in [0.1, 0.15) is 36.0 Å². The highest BCUT2D eigenvalue weighted by atomic mass is 16.3. The molecule has 0 bridgehead atoms. The van der Waals surface area contributed by atoms with E-state index in [1.807, 2.05) is 26.0 Å². The Morgan fingerprint density at radius 3 is 2.94 bits per heavy atom. The number of fused-ring (bicyclic) bond motifs is 3. The average molecular weight is 228 g/mol. The average Bonchev–Trinajstić information content (AvgIpc) is 2.91. The van der Waals surface area contributed by atoms with Gasteiger partial charge in [-0.05, 0) is 12.1 Å². The van der Waals surface area contributed by atoms with Gasteiger partial charge in [0.2, 0.25) is 0 Å². The molecule has 0 radical (unpaired) electrons. The van der Waals surface area contributed by atoms with E-state index in [1.54, 1.807) is 6.20 Å². The third-order valence-corrected chi connectivity index (χ3v) is 2.87. The molecule has 0 fully saturated rings. The predicted octanol–water partition coefficient (Wildman–Crippen LogP) is 3.25. The number of nitrogens with zero attached hydrogens (tertiary/aromatic N) is 1. The van der Waals surface area contributed by atoms with E-state index in [4.69, 9.17) is 4.42 Å². The summed E-state index contributed by atoms with van der Waals surface area (Å²) in [5, 5.41) is 0.817. The highest BCUT2D eigenvalue weighted by molar-refractivity contribution is 6.10. The molecule has 0 aliphatic carbocycles. The molecule has 3 rings (SSSR count). The van der Waals surface area contributed by atoms with E-state index in [9.17, 15) is 4.79 Å². The van der Waals surface area contributed by atoms with Crippen LogP contribution in [0.3, 0.4) is 0 Å². The zero-order valence-electron chi connectivity index (χ0n) is 9.65. The number of hydrogen-bond donors (Lipinski definition) is 1. The molecule has 0 aliphatic rings. The van der Waals surface area contributed by atoms with Gasteiger partial charge in [-0.15, -0.1) is 0 Å². The topological polar surface area (TPSA) is 58.9 Å². The van der Waals surface area contributed by atoms with Crippen molar-refractivity contribution in [2.45, 2.75) is 19.8 Å². The van der Waals surface area contributed by atoms with E-state index in [2.05, 4.69) is 9.97 Å². The Morgan fingerprint density at radius 2 is 2.24 bits per heavy atom. The van der Waals surface area contributed by atoms with Crippen LogP contribution in [0.2, 0.25) is 0 Å². The van der Waals surface area contributed by atoms with Gasteiger partial charge in [0.1, 0.15) is 5.52 Å². The maximum atomic E-state index is 11.0. The molecular weight excluding hydrogens is 216 g/mol. The normalized spacial score (nSPS) is 11.7. The van der Waals surface area contributed by atoms with Crippen molar-refractivity contribution in [2.75, 3.05) is 0 Å². The quantitative estimate of drug-likeness (QED) is 0.685. The molecule has 0 amide bonds. The predicted molar refractivity (Wildman–Crippen MR) is 65.3 cm³/mol. The number of hydrogen-bond acceptors (Lipinski definition) is 3. The van der Waals surface area contributed by atoms with Crippen molar-refractivity contribution in [3.8, 4) is 0 Å². The summed E-state index contributed by atoms with van der Waals surface area (Å²) in [5.41, 5.74) is 2.99. The lowest BCUT2D eigenvalue weighted by atomic mass is 10.1. The summed E-state index contributed by atoms with van der Waals surface area (Å²) in [6.07, 6.45) is 2.52. The third-order valence-electron chi connectivity index (χ3n) is 2.87. The van der Waals surface area contributed by atoms with Crippen LogP contribution in [0.25, 0.3) is 22.0 Å². The van der Waals surface area contributed by atoms with Gasteiger partial charge in [0.15, 0.2) is 17.8 Å². The molecule has 3 aromatic rings. The third kappa shape index (κ3) is 1.37. The number of rotatable bonds is 2. The lowest BCUT2D eigenvalue weighted by Gasteiger charge is -1.94. The molecule has 0 aliphatic heterocycles. The molecule has 4 nitrogen and oxygen atoms in total. The van der Waals surface area contributed by atoms with E-state index in [-0.39, 0.29) is 5.92 Å². The van der Waals surface area contributed by atoms with Gasteiger partial charge in [0.25, 0.3) is 0 Å². The molecule has 0 atom stereocenters. The van der Waals surface area contributed by atoms with Crippen LogP contribution in [-0.2, 0) is 0 Å². The van der Waals surface area contributed by atoms with E-state index < -0.39 is 0 Å². The minimum atomic E-state index is 0.232. The molecule has 1 aromatic carbocycles. The van der Waals surface area contributed by atoms with Crippen LogP contribution in [0.15, 0.2) is 22.7 Å². The maximum Gasteiger partial charge on any atom is 0.198 e. The molecule has 17 heavy (non-hydrogen) atoms. The first-order valence-electron chi connectivity index (χ1n) is 5.56. The molecule has 0 unspecified atom stereocenters. The summed E-state index contributed by atoms with van der Waals surface area (Å²) in [4.78, 5) is 18.5. The van der Waals surface area contributed by atoms with Crippen molar-refractivity contribution in [1.82, 2.24) is 9.97 Å². The number of nitrogens with one attached hydrogen (secondary N) is 1. The van der Waals surface area contributed by atoms with Gasteiger partial charge in [-0.3, -0.25) is 4.79 Å². The SMILES string of the molecule is CC(C)c1nc2ccc3[nH]cc(C=O)c3c2o1. The van der Waals surface area contributed by atoms with E-state index in [1.165, 1.54) is 0 Å². The van der Waals surface area contributed by atoms with Crippen LogP contribution < -0.4 is 0 Å². The van der Waals surface area contributed by atoms with Gasteiger partial charge in [-0.25, -0.2) is 4.98 Å². The van der Waals surface area contributed by atoms with Crippen LogP contribution in [0.4, 0.5) is 0 Å². The number of H-pyrrole nitrogens is 1. The first-order valence-corrected chi connectivity index (χ1v) is 5.56. The maximum absolute atomic E-state index is 11.0. The van der Waals surface area contributed by atoms with Gasteiger partial charge in [0, 0.05) is 17.7 Å². The highest BCUT2D eigenvalue weighted by Gasteiger charge is 2.14. The van der Waals surface area contributed by atoms with Gasteiger partial charge in [-0.1, -0.05) is 13.8 Å². The standard InChI is InChI=1S/C13H12N2O2/c1-7(2)13-15-10-4-3-9-11(12(10)17-13)8(6-16)5-14-9/h3-7,14H,1-2H3. The lowest BCUT2D eigenvalue weighted by Crippen LogP contribution is -1.84. The van der Waals surface area contributed by atoms with Crippen molar-refractivity contribution in [1.29, 1.82) is 0 Å². The van der Waals surface area contributed by atoms with Gasteiger partial charge in [0.05, 0.1) is 10.9 Å². The second-order valence-corrected chi connectivity index (χ2v) is 4.41.